The van der Waals surface area contributed by atoms with Crippen molar-refractivity contribution in [3.05, 3.63) is 60.2 Å². The lowest BCUT2D eigenvalue weighted by Gasteiger charge is -2.10. The summed E-state index contributed by atoms with van der Waals surface area (Å²) >= 11 is 0. The predicted octanol–water partition coefficient (Wildman–Crippen LogP) is 2.07. The fourth-order valence-corrected chi connectivity index (χ4v) is 3.10. The van der Waals surface area contributed by atoms with Gasteiger partial charge in [0.1, 0.15) is 5.75 Å². The number of carbonyl (C=O) groups is 1. The first-order valence-corrected chi connectivity index (χ1v) is 9.41. The molecule has 7 heteroatoms. The van der Waals surface area contributed by atoms with Gasteiger partial charge in [-0.25, -0.2) is 13.1 Å². The predicted molar refractivity (Wildman–Crippen MR) is 95.7 cm³/mol. The average Bonchev–Trinajstić information content (AvgIpc) is 2.59. The van der Waals surface area contributed by atoms with Gasteiger partial charge in [0.2, 0.25) is 10.0 Å². The van der Waals surface area contributed by atoms with E-state index in [-0.39, 0.29) is 30.0 Å². The lowest BCUT2D eigenvalue weighted by atomic mass is 10.2. The number of amides is 1. The van der Waals surface area contributed by atoms with Gasteiger partial charge in [0.05, 0.1) is 4.90 Å². The molecule has 0 radical (unpaired) electrons. The van der Waals surface area contributed by atoms with Gasteiger partial charge in [-0.05, 0) is 43.7 Å². The van der Waals surface area contributed by atoms with Crippen LogP contribution in [0.15, 0.2) is 59.5 Å². The number of benzene rings is 2. The Bertz CT molecular complexity index is 788. The fourth-order valence-electron chi connectivity index (χ4n) is 2.09. The van der Waals surface area contributed by atoms with Gasteiger partial charge in [-0.2, -0.15) is 0 Å². The Hall–Kier alpha value is -2.38. The summed E-state index contributed by atoms with van der Waals surface area (Å²) in [6.45, 7) is 3.83. The highest BCUT2D eigenvalue weighted by molar-refractivity contribution is 7.89. The van der Waals surface area contributed by atoms with Crippen LogP contribution in [-0.4, -0.2) is 27.0 Å². The Balaban J connectivity index is 1.92. The van der Waals surface area contributed by atoms with Crippen LogP contribution in [-0.2, 0) is 21.4 Å². The summed E-state index contributed by atoms with van der Waals surface area (Å²) in [5.74, 6) is 0.206. The van der Waals surface area contributed by atoms with Crippen molar-refractivity contribution < 1.29 is 17.9 Å². The maximum absolute atomic E-state index is 12.3. The van der Waals surface area contributed by atoms with Crippen LogP contribution in [0, 0.1) is 0 Å². The highest BCUT2D eigenvalue weighted by atomic mass is 32.2. The summed E-state index contributed by atoms with van der Waals surface area (Å²) in [6, 6.07) is 15.3. The van der Waals surface area contributed by atoms with Gasteiger partial charge < -0.3 is 10.1 Å². The Labute approximate surface area is 148 Å². The fraction of sp³-hybridized carbons (Fsp3) is 0.278. The molecular formula is C18H22N2O4S. The molecule has 0 fully saturated rings. The minimum absolute atomic E-state index is 0.0410. The van der Waals surface area contributed by atoms with Crippen molar-refractivity contribution in [1.82, 2.24) is 10.0 Å². The third-order valence-corrected chi connectivity index (χ3v) is 4.68. The summed E-state index contributed by atoms with van der Waals surface area (Å²) in [5.41, 5.74) is 0.877. The number of hydrogen-bond acceptors (Lipinski definition) is 4. The van der Waals surface area contributed by atoms with E-state index in [1.807, 2.05) is 44.2 Å². The molecule has 2 rings (SSSR count). The van der Waals surface area contributed by atoms with Crippen LogP contribution in [0.25, 0.3) is 0 Å². The second-order valence-corrected chi connectivity index (χ2v) is 7.56. The molecule has 0 unspecified atom stereocenters. The standard InChI is InChI=1S/C18H22N2O4S/c1-14(2)20-18(21)13-24-16-8-10-17(11-9-16)25(22,23)19-12-15-6-4-3-5-7-15/h3-11,14,19H,12-13H2,1-2H3,(H,20,21). The maximum atomic E-state index is 12.3. The lowest BCUT2D eigenvalue weighted by molar-refractivity contribution is -0.123. The Morgan fingerprint density at radius 2 is 1.68 bits per heavy atom. The first kappa shape index (κ1) is 19.0. The summed E-state index contributed by atoms with van der Waals surface area (Å²) in [6.07, 6.45) is 0. The van der Waals surface area contributed by atoms with Gasteiger partial charge in [0, 0.05) is 12.6 Å². The molecule has 0 aliphatic heterocycles. The molecule has 0 aromatic heterocycles. The van der Waals surface area contributed by atoms with Crippen molar-refractivity contribution in [2.24, 2.45) is 0 Å². The first-order chi connectivity index (χ1) is 11.9. The summed E-state index contributed by atoms with van der Waals surface area (Å²) in [4.78, 5) is 11.7. The zero-order valence-electron chi connectivity index (χ0n) is 14.2. The van der Waals surface area contributed by atoms with Crippen molar-refractivity contribution >= 4 is 15.9 Å². The number of rotatable bonds is 8. The topological polar surface area (TPSA) is 84.5 Å². The van der Waals surface area contributed by atoms with E-state index >= 15 is 0 Å². The second-order valence-electron chi connectivity index (χ2n) is 5.79. The second kappa shape index (κ2) is 8.64. The van der Waals surface area contributed by atoms with Crippen molar-refractivity contribution in [1.29, 1.82) is 0 Å². The molecular weight excluding hydrogens is 340 g/mol. The highest BCUT2D eigenvalue weighted by Crippen LogP contribution is 2.16. The molecule has 0 aliphatic carbocycles. The Morgan fingerprint density at radius 1 is 1.04 bits per heavy atom. The van der Waals surface area contributed by atoms with Gasteiger partial charge in [-0.1, -0.05) is 30.3 Å². The quantitative estimate of drug-likeness (QED) is 0.753. The molecule has 134 valence electrons. The van der Waals surface area contributed by atoms with Crippen LogP contribution >= 0.6 is 0 Å². The third-order valence-electron chi connectivity index (χ3n) is 3.26. The summed E-state index contributed by atoms with van der Waals surface area (Å²) in [7, 11) is -3.61. The van der Waals surface area contributed by atoms with E-state index in [2.05, 4.69) is 10.0 Å². The Kier molecular flexibility index (Phi) is 6.55. The number of sulfonamides is 1. The highest BCUT2D eigenvalue weighted by Gasteiger charge is 2.14. The molecule has 6 nitrogen and oxygen atoms in total. The Morgan fingerprint density at radius 3 is 2.28 bits per heavy atom. The average molecular weight is 362 g/mol. The molecule has 2 aromatic rings. The first-order valence-electron chi connectivity index (χ1n) is 7.92. The number of ether oxygens (including phenoxy) is 1. The molecule has 25 heavy (non-hydrogen) atoms. The molecule has 0 heterocycles. The van der Waals surface area contributed by atoms with Crippen molar-refractivity contribution in [3.8, 4) is 5.75 Å². The molecule has 0 atom stereocenters. The zero-order chi connectivity index (χ0) is 18.3. The number of nitrogens with one attached hydrogen (secondary N) is 2. The third kappa shape index (κ3) is 6.21. The van der Waals surface area contributed by atoms with Gasteiger partial charge >= 0.3 is 0 Å². The van der Waals surface area contributed by atoms with E-state index in [0.29, 0.717) is 5.75 Å². The van der Waals surface area contributed by atoms with Gasteiger partial charge in [-0.15, -0.1) is 0 Å². The van der Waals surface area contributed by atoms with E-state index < -0.39 is 10.0 Å². The van der Waals surface area contributed by atoms with E-state index in [1.165, 1.54) is 24.3 Å². The van der Waals surface area contributed by atoms with Crippen LogP contribution in [0.1, 0.15) is 19.4 Å². The number of carbonyl (C=O) groups excluding carboxylic acids is 1. The SMILES string of the molecule is CC(C)NC(=O)COc1ccc(S(=O)(=O)NCc2ccccc2)cc1. The maximum Gasteiger partial charge on any atom is 0.258 e. The monoisotopic (exact) mass is 362 g/mol. The van der Waals surface area contributed by atoms with Gasteiger partial charge in [-0.3, -0.25) is 4.79 Å². The minimum Gasteiger partial charge on any atom is -0.484 e. The van der Waals surface area contributed by atoms with Crippen LogP contribution in [0.4, 0.5) is 0 Å². The van der Waals surface area contributed by atoms with Gasteiger partial charge in [0.25, 0.3) is 5.91 Å². The number of hydrogen-bond donors (Lipinski definition) is 2. The smallest absolute Gasteiger partial charge is 0.258 e. The van der Waals surface area contributed by atoms with E-state index in [1.54, 1.807) is 0 Å². The molecule has 0 aliphatic rings. The minimum atomic E-state index is -3.61. The van der Waals surface area contributed by atoms with Crippen LogP contribution < -0.4 is 14.8 Å². The molecule has 0 spiro atoms. The van der Waals surface area contributed by atoms with Crippen molar-refractivity contribution in [2.75, 3.05) is 6.61 Å². The normalized spacial score (nSPS) is 11.3. The lowest BCUT2D eigenvalue weighted by Crippen LogP contribution is -2.34. The molecule has 1 amide bonds. The molecule has 0 bridgehead atoms. The summed E-state index contributed by atoms with van der Waals surface area (Å²) < 4.78 is 32.5. The van der Waals surface area contributed by atoms with E-state index in [0.717, 1.165) is 5.56 Å². The molecule has 2 N–H and O–H groups in total. The largest absolute Gasteiger partial charge is 0.484 e. The van der Waals surface area contributed by atoms with Crippen LogP contribution in [0.5, 0.6) is 5.75 Å². The van der Waals surface area contributed by atoms with Crippen LogP contribution in [0.3, 0.4) is 0 Å². The zero-order valence-corrected chi connectivity index (χ0v) is 15.0. The van der Waals surface area contributed by atoms with E-state index in [9.17, 15) is 13.2 Å². The van der Waals surface area contributed by atoms with Gasteiger partial charge in [0.15, 0.2) is 6.61 Å². The van der Waals surface area contributed by atoms with Crippen molar-refractivity contribution in [3.63, 3.8) is 0 Å². The van der Waals surface area contributed by atoms with E-state index in [4.69, 9.17) is 4.74 Å². The van der Waals surface area contributed by atoms with Crippen molar-refractivity contribution in [2.45, 2.75) is 31.3 Å². The molecule has 0 saturated heterocycles. The van der Waals surface area contributed by atoms with Crippen LogP contribution in [0.2, 0.25) is 0 Å². The summed E-state index contributed by atoms with van der Waals surface area (Å²) in [5, 5.41) is 2.71. The molecule has 2 aromatic carbocycles. The molecule has 0 saturated carbocycles.